The molecular weight excluding hydrogens is 474 g/mol. The number of rotatable bonds is 6. The van der Waals surface area contributed by atoms with Crippen LogP contribution >= 0.6 is 39.9 Å². The quantitative estimate of drug-likeness (QED) is 0.369. The molecule has 3 N–H and O–H groups in total. The van der Waals surface area contributed by atoms with Crippen LogP contribution in [-0.2, 0) is 12.8 Å². The van der Waals surface area contributed by atoms with E-state index in [2.05, 4.69) is 31.2 Å². The standard InChI is InChI=1S/C16H18BrFN4.HI/c17-14-11-12(4-5-15(14)18)6-9-21-16(19)22-10-7-13-3-1-2-8-20-13;/h1-5,8,11H,6-7,9-10H2,(H3,19,21,22);1H. The number of hydrogen-bond donors (Lipinski definition) is 2. The maximum atomic E-state index is 13.1. The zero-order valence-electron chi connectivity index (χ0n) is 12.5. The van der Waals surface area contributed by atoms with Crippen molar-refractivity contribution in [3.8, 4) is 0 Å². The van der Waals surface area contributed by atoms with E-state index in [-0.39, 0.29) is 29.8 Å². The van der Waals surface area contributed by atoms with E-state index in [1.807, 2.05) is 18.2 Å². The monoisotopic (exact) mass is 492 g/mol. The molecule has 2 aromatic rings. The van der Waals surface area contributed by atoms with Crippen LogP contribution in [-0.4, -0.2) is 24.0 Å². The highest BCUT2D eigenvalue weighted by Crippen LogP contribution is 2.16. The summed E-state index contributed by atoms with van der Waals surface area (Å²) in [5.74, 6) is 0.157. The molecule has 0 atom stereocenters. The molecule has 0 saturated heterocycles. The predicted octanol–water partition coefficient (Wildman–Crippen LogP) is 3.29. The number of halogens is 3. The van der Waals surface area contributed by atoms with Gasteiger partial charge in [-0.2, -0.15) is 0 Å². The smallest absolute Gasteiger partial charge is 0.188 e. The number of hydrogen-bond acceptors (Lipinski definition) is 2. The van der Waals surface area contributed by atoms with E-state index >= 15 is 0 Å². The van der Waals surface area contributed by atoms with Crippen molar-refractivity contribution >= 4 is 45.9 Å². The molecule has 1 aromatic heterocycles. The summed E-state index contributed by atoms with van der Waals surface area (Å²) in [5, 5.41) is 3.05. The van der Waals surface area contributed by atoms with Crippen LogP contribution in [0.3, 0.4) is 0 Å². The van der Waals surface area contributed by atoms with Gasteiger partial charge >= 0.3 is 0 Å². The van der Waals surface area contributed by atoms with Gasteiger partial charge in [-0.05, 0) is 52.2 Å². The Hall–Kier alpha value is -1.22. The van der Waals surface area contributed by atoms with Crippen molar-refractivity contribution in [2.75, 3.05) is 13.1 Å². The Balaban J connectivity index is 0.00000264. The fraction of sp³-hybridized carbons (Fsp3) is 0.250. The van der Waals surface area contributed by atoms with E-state index in [4.69, 9.17) is 5.73 Å². The van der Waals surface area contributed by atoms with Crippen LogP contribution in [0.1, 0.15) is 11.3 Å². The number of guanidine groups is 1. The van der Waals surface area contributed by atoms with Crippen molar-refractivity contribution in [1.82, 2.24) is 10.3 Å². The summed E-state index contributed by atoms with van der Waals surface area (Å²) < 4.78 is 13.6. The van der Waals surface area contributed by atoms with Gasteiger partial charge in [0.25, 0.3) is 0 Å². The van der Waals surface area contributed by atoms with Gasteiger partial charge in [-0.15, -0.1) is 24.0 Å². The summed E-state index contributed by atoms with van der Waals surface area (Å²) in [6.07, 6.45) is 3.27. The van der Waals surface area contributed by atoms with Crippen LogP contribution in [0.25, 0.3) is 0 Å². The van der Waals surface area contributed by atoms with E-state index in [1.165, 1.54) is 6.07 Å². The van der Waals surface area contributed by atoms with Crippen molar-refractivity contribution in [2.45, 2.75) is 12.8 Å². The summed E-state index contributed by atoms with van der Waals surface area (Å²) in [5.41, 5.74) is 7.83. The molecule has 7 heteroatoms. The lowest BCUT2D eigenvalue weighted by atomic mass is 10.1. The lowest BCUT2D eigenvalue weighted by molar-refractivity contribution is 0.620. The number of nitrogens with one attached hydrogen (secondary N) is 1. The summed E-state index contributed by atoms with van der Waals surface area (Å²) in [6, 6.07) is 10.8. The number of nitrogens with two attached hydrogens (primary N) is 1. The van der Waals surface area contributed by atoms with E-state index in [0.717, 1.165) is 24.1 Å². The van der Waals surface area contributed by atoms with Crippen LogP contribution in [0.2, 0.25) is 0 Å². The molecule has 4 nitrogen and oxygen atoms in total. The normalized spacial score (nSPS) is 11.0. The molecule has 1 heterocycles. The number of nitrogens with zero attached hydrogens (tertiary/aromatic N) is 2. The summed E-state index contributed by atoms with van der Waals surface area (Å²) in [7, 11) is 0. The molecule has 0 aliphatic rings. The van der Waals surface area contributed by atoms with Crippen LogP contribution in [0, 0.1) is 5.82 Å². The second kappa shape index (κ2) is 10.5. The predicted molar refractivity (Wildman–Crippen MR) is 106 cm³/mol. The molecule has 0 spiro atoms. The molecule has 1 aromatic carbocycles. The van der Waals surface area contributed by atoms with Crippen molar-refractivity contribution in [3.63, 3.8) is 0 Å². The van der Waals surface area contributed by atoms with Gasteiger partial charge in [0.15, 0.2) is 5.96 Å². The number of aromatic nitrogens is 1. The Bertz CT molecular complexity index is 637. The van der Waals surface area contributed by atoms with Gasteiger partial charge in [-0.1, -0.05) is 12.1 Å². The van der Waals surface area contributed by atoms with E-state index in [1.54, 1.807) is 18.3 Å². The van der Waals surface area contributed by atoms with Crippen molar-refractivity contribution in [2.24, 2.45) is 10.7 Å². The average Bonchev–Trinajstić information content (AvgIpc) is 2.52. The molecule has 0 bridgehead atoms. The molecule has 0 saturated carbocycles. The highest BCUT2D eigenvalue weighted by atomic mass is 127. The molecule has 0 aliphatic carbocycles. The van der Waals surface area contributed by atoms with Gasteiger partial charge in [0.05, 0.1) is 4.47 Å². The van der Waals surface area contributed by atoms with Crippen molar-refractivity contribution < 1.29 is 4.39 Å². The second-order valence-corrected chi connectivity index (χ2v) is 5.62. The van der Waals surface area contributed by atoms with Crippen LogP contribution in [0.5, 0.6) is 0 Å². The van der Waals surface area contributed by atoms with E-state index < -0.39 is 0 Å². The number of benzene rings is 1. The molecule has 0 amide bonds. The minimum Gasteiger partial charge on any atom is -0.370 e. The topological polar surface area (TPSA) is 63.3 Å². The fourth-order valence-corrected chi connectivity index (χ4v) is 2.35. The maximum Gasteiger partial charge on any atom is 0.188 e. The van der Waals surface area contributed by atoms with E-state index in [9.17, 15) is 4.39 Å². The third-order valence-corrected chi connectivity index (χ3v) is 3.69. The minimum absolute atomic E-state index is 0. The van der Waals surface area contributed by atoms with Crippen molar-refractivity contribution in [1.29, 1.82) is 0 Å². The zero-order valence-corrected chi connectivity index (χ0v) is 16.4. The molecule has 0 radical (unpaired) electrons. The Morgan fingerprint density at radius 1 is 1.26 bits per heavy atom. The Labute approximate surface area is 160 Å². The van der Waals surface area contributed by atoms with Gasteiger partial charge in [0.2, 0.25) is 0 Å². The molecule has 23 heavy (non-hydrogen) atoms. The van der Waals surface area contributed by atoms with Gasteiger partial charge in [0.1, 0.15) is 5.82 Å². The Morgan fingerprint density at radius 3 is 2.78 bits per heavy atom. The van der Waals surface area contributed by atoms with Gasteiger partial charge in [-0.25, -0.2) is 4.39 Å². The fourth-order valence-electron chi connectivity index (χ4n) is 1.92. The largest absolute Gasteiger partial charge is 0.370 e. The molecular formula is C16H19BrFIN4. The highest BCUT2D eigenvalue weighted by molar-refractivity contribution is 14.0. The van der Waals surface area contributed by atoms with Gasteiger partial charge < -0.3 is 11.1 Å². The first-order valence-corrected chi connectivity index (χ1v) is 7.82. The highest BCUT2D eigenvalue weighted by Gasteiger charge is 2.00. The first-order chi connectivity index (χ1) is 10.6. The van der Waals surface area contributed by atoms with E-state index in [0.29, 0.717) is 23.5 Å². The Morgan fingerprint density at radius 2 is 2.09 bits per heavy atom. The maximum absolute atomic E-state index is 13.1. The lowest BCUT2D eigenvalue weighted by Crippen LogP contribution is -2.33. The zero-order chi connectivity index (χ0) is 15.8. The third kappa shape index (κ3) is 7.26. The number of aliphatic imine (C=N–C) groups is 1. The minimum atomic E-state index is -0.257. The first-order valence-electron chi connectivity index (χ1n) is 7.03. The van der Waals surface area contributed by atoms with Crippen LogP contribution in [0.15, 0.2) is 52.1 Å². The Kier molecular flexibility index (Phi) is 9.08. The summed E-state index contributed by atoms with van der Waals surface area (Å²) in [6.45, 7) is 1.24. The lowest BCUT2D eigenvalue weighted by Gasteiger charge is -2.06. The molecule has 0 unspecified atom stereocenters. The first kappa shape index (κ1) is 19.8. The summed E-state index contributed by atoms with van der Waals surface area (Å²) in [4.78, 5) is 8.48. The SMILES string of the molecule is I.NC(=NCCc1ccccn1)NCCc1ccc(F)c(Br)c1. The molecule has 2 rings (SSSR count). The van der Waals surface area contributed by atoms with Crippen molar-refractivity contribution in [3.05, 3.63) is 64.1 Å². The number of pyridine rings is 1. The average molecular weight is 493 g/mol. The second-order valence-electron chi connectivity index (χ2n) is 4.76. The molecule has 0 aliphatic heterocycles. The van der Waals surface area contributed by atoms with Gasteiger partial charge in [-0.3, -0.25) is 9.98 Å². The summed E-state index contributed by atoms with van der Waals surface area (Å²) >= 11 is 3.17. The third-order valence-electron chi connectivity index (χ3n) is 3.08. The molecule has 0 fully saturated rings. The molecule has 124 valence electrons. The van der Waals surface area contributed by atoms with Crippen LogP contribution in [0.4, 0.5) is 4.39 Å². The van der Waals surface area contributed by atoms with Gasteiger partial charge in [0, 0.05) is 31.4 Å². The van der Waals surface area contributed by atoms with Crippen LogP contribution < -0.4 is 11.1 Å².